The van der Waals surface area contributed by atoms with Gasteiger partial charge in [0, 0.05) is 50.5 Å². The van der Waals surface area contributed by atoms with Gasteiger partial charge < -0.3 is 28.8 Å². The Hall–Kier alpha value is -2.58. The van der Waals surface area contributed by atoms with Gasteiger partial charge in [-0.2, -0.15) is 0 Å². The Morgan fingerprint density at radius 3 is 2.33 bits per heavy atom. The molecule has 2 aliphatic rings. The third kappa shape index (κ3) is 4.02. The Morgan fingerprint density at radius 2 is 1.67 bits per heavy atom. The minimum atomic E-state index is -2.81. The molecule has 0 amide bonds. The zero-order valence-corrected chi connectivity index (χ0v) is 16.8. The summed E-state index contributed by atoms with van der Waals surface area (Å²) < 4.78 is 55.5. The molecule has 1 aliphatic heterocycles. The van der Waals surface area contributed by atoms with Gasteiger partial charge in [-0.25, -0.2) is 8.78 Å². The number of fused-ring (bicyclic) bond motifs is 3. The predicted octanol–water partition coefficient (Wildman–Crippen LogP) is 4.62. The molecule has 0 spiro atoms. The molecular formula is C22H24F2O6. The molecule has 6 nitrogen and oxygen atoms in total. The maximum Gasteiger partial charge on any atom is 0.249 e. The Kier molecular flexibility index (Phi) is 5.71. The first kappa shape index (κ1) is 20.7. The van der Waals surface area contributed by atoms with Gasteiger partial charge in [0.15, 0.2) is 25.1 Å². The first-order valence-electron chi connectivity index (χ1n) is 9.66. The first-order valence-corrected chi connectivity index (χ1v) is 9.66. The molecule has 0 aromatic heterocycles. The molecule has 1 N–H and O–H groups in total. The maximum atomic E-state index is 14.4. The zero-order chi connectivity index (χ0) is 21.3. The van der Waals surface area contributed by atoms with Crippen LogP contribution in [0.5, 0.6) is 23.0 Å². The van der Waals surface area contributed by atoms with Gasteiger partial charge >= 0.3 is 0 Å². The number of hydrogen-bond acceptors (Lipinski definition) is 6. The van der Waals surface area contributed by atoms with Gasteiger partial charge in [-0.1, -0.05) is 12.1 Å². The molecule has 30 heavy (non-hydrogen) atoms. The summed E-state index contributed by atoms with van der Waals surface area (Å²) in [5, 5.41) is 10.5. The van der Waals surface area contributed by atoms with Crippen molar-refractivity contribution in [3.8, 4) is 23.0 Å². The van der Waals surface area contributed by atoms with Crippen molar-refractivity contribution in [2.24, 2.45) is 5.92 Å². The Labute approximate surface area is 173 Å². The summed E-state index contributed by atoms with van der Waals surface area (Å²) in [7, 11) is 3.01. The number of phenolic OH excluding ortho intramolecular Hbond substituents is 1. The molecule has 0 saturated heterocycles. The van der Waals surface area contributed by atoms with Crippen LogP contribution in [-0.4, -0.2) is 38.8 Å². The zero-order valence-electron chi connectivity index (χ0n) is 16.8. The van der Waals surface area contributed by atoms with Crippen molar-refractivity contribution in [2.75, 3.05) is 27.8 Å². The molecule has 3 atom stereocenters. The summed E-state index contributed by atoms with van der Waals surface area (Å²) >= 11 is 0. The smallest absolute Gasteiger partial charge is 0.249 e. The third-order valence-electron chi connectivity index (χ3n) is 5.57. The van der Waals surface area contributed by atoms with Gasteiger partial charge in [0.1, 0.15) is 17.6 Å². The fourth-order valence-corrected chi connectivity index (χ4v) is 4.34. The van der Waals surface area contributed by atoms with Crippen molar-refractivity contribution in [3.05, 3.63) is 47.5 Å². The summed E-state index contributed by atoms with van der Waals surface area (Å²) in [5.41, 5.74) is 1.29. The molecule has 4 rings (SSSR count). The van der Waals surface area contributed by atoms with Crippen LogP contribution in [0.4, 0.5) is 8.78 Å². The van der Waals surface area contributed by atoms with Crippen molar-refractivity contribution in [3.63, 3.8) is 0 Å². The van der Waals surface area contributed by atoms with Gasteiger partial charge in [0.25, 0.3) is 0 Å². The Bertz CT molecular complexity index is 886. The van der Waals surface area contributed by atoms with Crippen molar-refractivity contribution >= 4 is 0 Å². The number of phenols is 1. The molecule has 0 radical (unpaired) electrons. The van der Waals surface area contributed by atoms with Crippen molar-refractivity contribution in [1.29, 1.82) is 0 Å². The van der Waals surface area contributed by atoms with Crippen LogP contribution >= 0.6 is 0 Å². The maximum absolute atomic E-state index is 14.4. The normalized spacial score (nSPS) is 23.9. The second-order valence-electron chi connectivity index (χ2n) is 7.60. The van der Waals surface area contributed by atoms with Crippen LogP contribution < -0.4 is 14.2 Å². The fourth-order valence-electron chi connectivity index (χ4n) is 4.34. The van der Waals surface area contributed by atoms with E-state index in [-0.39, 0.29) is 37.9 Å². The lowest BCUT2D eigenvalue weighted by Gasteiger charge is -2.36. The summed E-state index contributed by atoms with van der Waals surface area (Å²) in [6.45, 7) is 0.106. The SMILES string of the molecule is COCOc1ccc([C@@H]2Oc3c(O)cc(OCOC)cc3[C@@H]3CC(F)(F)C[C@@H]32)cc1. The van der Waals surface area contributed by atoms with E-state index in [1.165, 1.54) is 20.3 Å². The van der Waals surface area contributed by atoms with Crippen LogP contribution in [-0.2, 0) is 9.47 Å². The van der Waals surface area contributed by atoms with E-state index in [1.54, 1.807) is 30.3 Å². The average molecular weight is 422 g/mol. The predicted molar refractivity (Wildman–Crippen MR) is 103 cm³/mol. The lowest BCUT2D eigenvalue weighted by atomic mass is 9.80. The van der Waals surface area contributed by atoms with E-state index in [0.717, 1.165) is 5.56 Å². The monoisotopic (exact) mass is 422 g/mol. The van der Waals surface area contributed by atoms with E-state index in [1.807, 2.05) is 0 Å². The van der Waals surface area contributed by atoms with E-state index in [0.29, 0.717) is 17.1 Å². The van der Waals surface area contributed by atoms with Crippen LogP contribution in [0.1, 0.15) is 36.0 Å². The average Bonchev–Trinajstić information content (AvgIpc) is 3.06. The molecule has 1 aliphatic carbocycles. The van der Waals surface area contributed by atoms with Crippen LogP contribution in [0.25, 0.3) is 0 Å². The fraction of sp³-hybridized carbons (Fsp3) is 0.455. The molecule has 2 aromatic carbocycles. The van der Waals surface area contributed by atoms with Crippen LogP contribution in [0, 0.1) is 5.92 Å². The van der Waals surface area contributed by atoms with Crippen LogP contribution in [0.15, 0.2) is 36.4 Å². The molecule has 2 aromatic rings. The van der Waals surface area contributed by atoms with Gasteiger partial charge in [-0.15, -0.1) is 0 Å². The van der Waals surface area contributed by atoms with E-state index >= 15 is 0 Å². The first-order chi connectivity index (χ1) is 14.4. The molecule has 162 valence electrons. The summed E-state index contributed by atoms with van der Waals surface area (Å²) in [6, 6.07) is 10.1. The lowest BCUT2D eigenvalue weighted by molar-refractivity contribution is -0.00244. The van der Waals surface area contributed by atoms with E-state index < -0.39 is 23.9 Å². The van der Waals surface area contributed by atoms with Crippen molar-refractivity contribution in [2.45, 2.75) is 30.8 Å². The number of methoxy groups -OCH3 is 2. The highest BCUT2D eigenvalue weighted by Gasteiger charge is 2.54. The van der Waals surface area contributed by atoms with Gasteiger partial charge in [-0.05, 0) is 23.8 Å². The second kappa shape index (κ2) is 8.28. The minimum Gasteiger partial charge on any atom is -0.504 e. The molecule has 1 fully saturated rings. The van der Waals surface area contributed by atoms with E-state index in [2.05, 4.69) is 0 Å². The molecule has 0 bridgehead atoms. The van der Waals surface area contributed by atoms with E-state index in [9.17, 15) is 13.9 Å². The minimum absolute atomic E-state index is 0.0105. The van der Waals surface area contributed by atoms with Gasteiger partial charge in [0.2, 0.25) is 5.92 Å². The highest BCUT2D eigenvalue weighted by atomic mass is 19.3. The molecule has 0 unspecified atom stereocenters. The quantitative estimate of drug-likeness (QED) is 0.657. The third-order valence-corrected chi connectivity index (χ3v) is 5.57. The number of aromatic hydroxyl groups is 1. The number of halogens is 2. The summed E-state index contributed by atoms with van der Waals surface area (Å²) in [5.74, 6) is -2.66. The number of hydrogen-bond donors (Lipinski definition) is 1. The van der Waals surface area contributed by atoms with Crippen LogP contribution in [0.3, 0.4) is 0 Å². The highest BCUT2D eigenvalue weighted by Crippen LogP contribution is 2.60. The molecule has 1 heterocycles. The molecular weight excluding hydrogens is 398 g/mol. The number of benzene rings is 2. The van der Waals surface area contributed by atoms with E-state index in [4.69, 9.17) is 23.7 Å². The largest absolute Gasteiger partial charge is 0.504 e. The summed E-state index contributed by atoms with van der Waals surface area (Å²) in [4.78, 5) is 0. The van der Waals surface area contributed by atoms with Gasteiger partial charge in [-0.3, -0.25) is 0 Å². The van der Waals surface area contributed by atoms with Crippen molar-refractivity contribution < 1.29 is 37.6 Å². The number of rotatable bonds is 7. The topological polar surface area (TPSA) is 66.4 Å². The summed E-state index contributed by atoms with van der Waals surface area (Å²) in [6.07, 6.45) is -1.19. The number of alkyl halides is 2. The van der Waals surface area contributed by atoms with Gasteiger partial charge in [0.05, 0.1) is 0 Å². The standard InChI is InChI=1S/C22H24F2O6/c1-26-11-28-14-5-3-13(4-6-14)20-18-10-22(23,24)9-17(18)16-7-15(29-12-27-2)8-19(25)21(16)30-20/h3-8,17-18,20,25H,9-12H2,1-2H3/t17-,18-,20-/m0/s1. The van der Waals surface area contributed by atoms with Crippen LogP contribution in [0.2, 0.25) is 0 Å². The van der Waals surface area contributed by atoms with Crippen molar-refractivity contribution in [1.82, 2.24) is 0 Å². The highest BCUT2D eigenvalue weighted by molar-refractivity contribution is 5.55. The number of ether oxygens (including phenoxy) is 5. The Balaban J connectivity index is 1.68. The molecule has 8 heteroatoms. The molecule has 1 saturated carbocycles. The Morgan fingerprint density at radius 1 is 1.00 bits per heavy atom. The second-order valence-corrected chi connectivity index (χ2v) is 7.60. The lowest BCUT2D eigenvalue weighted by Crippen LogP contribution is -2.27.